The fraction of sp³-hybridized carbons (Fsp3) is 0.357. The fourth-order valence-corrected chi connectivity index (χ4v) is 2.01. The Bertz CT molecular complexity index is 583. The second kappa shape index (κ2) is 6.27. The molecule has 1 aromatic carbocycles. The Morgan fingerprint density at radius 2 is 2.25 bits per heavy atom. The van der Waals surface area contributed by atoms with E-state index in [0.29, 0.717) is 23.7 Å². The maximum Gasteiger partial charge on any atom is 0.148 e. The lowest BCUT2D eigenvalue weighted by Crippen LogP contribution is -2.06. The van der Waals surface area contributed by atoms with Gasteiger partial charge in [0.25, 0.3) is 0 Å². The third-order valence-electron chi connectivity index (χ3n) is 3.19. The first-order chi connectivity index (χ1) is 9.61. The molecule has 2 rings (SSSR count). The first-order valence-corrected chi connectivity index (χ1v) is 6.47. The molecule has 0 radical (unpaired) electrons. The molecule has 20 heavy (non-hydrogen) atoms. The lowest BCUT2D eigenvalue weighted by atomic mass is 10.1. The minimum Gasteiger partial charge on any atom is -0.495 e. The summed E-state index contributed by atoms with van der Waals surface area (Å²) in [7, 11) is 1.51. The number of nitrogens with two attached hydrogens (primary N) is 1. The normalized spacial score (nSPS) is 10.6. The molecule has 1 heterocycles. The van der Waals surface area contributed by atoms with Crippen LogP contribution in [-0.4, -0.2) is 23.9 Å². The summed E-state index contributed by atoms with van der Waals surface area (Å²) in [6, 6.07) is 2.84. The number of halogens is 1. The zero-order valence-electron chi connectivity index (χ0n) is 11.7. The van der Waals surface area contributed by atoms with E-state index in [0.717, 1.165) is 18.5 Å². The molecule has 0 bridgehead atoms. The summed E-state index contributed by atoms with van der Waals surface area (Å²) in [6.07, 6.45) is 3.59. The molecule has 6 heteroatoms. The number of anilines is 2. The number of nitrogens with zero attached hydrogens (tertiary/aromatic N) is 1. The third-order valence-corrected chi connectivity index (χ3v) is 3.19. The van der Waals surface area contributed by atoms with Crippen LogP contribution in [-0.2, 0) is 6.42 Å². The predicted molar refractivity (Wildman–Crippen MR) is 77.5 cm³/mol. The third kappa shape index (κ3) is 3.20. The lowest BCUT2D eigenvalue weighted by molar-refractivity contribution is 0.416. The minimum absolute atomic E-state index is 0.296. The van der Waals surface area contributed by atoms with Crippen molar-refractivity contribution in [3.8, 4) is 5.75 Å². The van der Waals surface area contributed by atoms with Gasteiger partial charge in [-0.1, -0.05) is 0 Å². The number of benzene rings is 1. The van der Waals surface area contributed by atoms with Gasteiger partial charge in [-0.2, -0.15) is 5.10 Å². The largest absolute Gasteiger partial charge is 0.495 e. The van der Waals surface area contributed by atoms with Gasteiger partial charge in [0, 0.05) is 24.4 Å². The number of ether oxygens (including phenoxy) is 1. The van der Waals surface area contributed by atoms with Crippen molar-refractivity contribution in [2.24, 2.45) is 0 Å². The fourth-order valence-electron chi connectivity index (χ4n) is 2.01. The van der Waals surface area contributed by atoms with Gasteiger partial charge in [-0.25, -0.2) is 4.39 Å². The number of H-pyrrole nitrogens is 1. The number of hydrogen-bond donors (Lipinski definition) is 3. The molecule has 0 saturated carbocycles. The number of aromatic nitrogens is 2. The van der Waals surface area contributed by atoms with Crippen LogP contribution in [0.25, 0.3) is 0 Å². The Kier molecular flexibility index (Phi) is 4.45. The van der Waals surface area contributed by atoms with E-state index >= 15 is 0 Å². The van der Waals surface area contributed by atoms with Crippen LogP contribution in [0.1, 0.15) is 17.7 Å². The van der Waals surface area contributed by atoms with E-state index in [9.17, 15) is 4.39 Å². The summed E-state index contributed by atoms with van der Waals surface area (Å²) in [6.45, 7) is 2.65. The molecule has 2 aromatic rings. The van der Waals surface area contributed by atoms with Gasteiger partial charge >= 0.3 is 0 Å². The van der Waals surface area contributed by atoms with Crippen molar-refractivity contribution in [3.05, 3.63) is 35.4 Å². The molecule has 0 fully saturated rings. The Morgan fingerprint density at radius 3 is 2.90 bits per heavy atom. The molecule has 5 nitrogen and oxygen atoms in total. The molecule has 0 aliphatic rings. The highest BCUT2D eigenvalue weighted by molar-refractivity contribution is 5.62. The Hall–Kier alpha value is -2.24. The van der Waals surface area contributed by atoms with Crippen LogP contribution >= 0.6 is 0 Å². The number of nitrogens with one attached hydrogen (secondary N) is 2. The number of aryl methyl sites for hydroxylation is 2. The summed E-state index contributed by atoms with van der Waals surface area (Å²) in [4.78, 5) is 0. The SMILES string of the molecule is COc1cc(NCCCc2cn[nH]c2C)c(F)cc1N. The average molecular weight is 278 g/mol. The molecular weight excluding hydrogens is 259 g/mol. The van der Waals surface area contributed by atoms with Crippen LogP contribution in [0, 0.1) is 12.7 Å². The molecule has 0 aliphatic carbocycles. The Balaban J connectivity index is 1.89. The van der Waals surface area contributed by atoms with Gasteiger partial charge in [0.15, 0.2) is 0 Å². The quantitative estimate of drug-likeness (QED) is 0.560. The van der Waals surface area contributed by atoms with Crippen LogP contribution in [0.2, 0.25) is 0 Å². The van der Waals surface area contributed by atoms with E-state index in [1.807, 2.05) is 13.1 Å². The highest BCUT2D eigenvalue weighted by Crippen LogP contribution is 2.28. The number of rotatable bonds is 6. The van der Waals surface area contributed by atoms with Crippen molar-refractivity contribution < 1.29 is 9.13 Å². The molecule has 0 amide bonds. The molecule has 108 valence electrons. The van der Waals surface area contributed by atoms with E-state index < -0.39 is 0 Å². The number of hydrogen-bond acceptors (Lipinski definition) is 4. The van der Waals surface area contributed by atoms with Gasteiger partial charge in [0.2, 0.25) is 0 Å². The number of methoxy groups -OCH3 is 1. The molecule has 0 atom stereocenters. The maximum atomic E-state index is 13.7. The predicted octanol–water partition coefficient (Wildman–Crippen LogP) is 2.49. The first-order valence-electron chi connectivity index (χ1n) is 6.47. The maximum absolute atomic E-state index is 13.7. The van der Waals surface area contributed by atoms with Crippen molar-refractivity contribution in [1.29, 1.82) is 0 Å². The number of nitrogen functional groups attached to an aromatic ring is 1. The smallest absolute Gasteiger partial charge is 0.148 e. The van der Waals surface area contributed by atoms with Crippen molar-refractivity contribution in [2.75, 3.05) is 24.7 Å². The molecule has 1 aromatic heterocycles. The zero-order chi connectivity index (χ0) is 14.5. The topological polar surface area (TPSA) is 76.0 Å². The lowest BCUT2D eigenvalue weighted by Gasteiger charge is -2.11. The van der Waals surface area contributed by atoms with Crippen molar-refractivity contribution in [2.45, 2.75) is 19.8 Å². The number of aromatic amines is 1. The first kappa shape index (κ1) is 14.2. The van der Waals surface area contributed by atoms with Crippen LogP contribution in [0.3, 0.4) is 0 Å². The van der Waals surface area contributed by atoms with Crippen LogP contribution in [0.5, 0.6) is 5.75 Å². The summed E-state index contributed by atoms with van der Waals surface area (Å²) < 4.78 is 18.8. The van der Waals surface area contributed by atoms with E-state index in [-0.39, 0.29) is 5.82 Å². The zero-order valence-corrected chi connectivity index (χ0v) is 11.7. The molecule has 0 unspecified atom stereocenters. The van der Waals surface area contributed by atoms with E-state index in [1.54, 1.807) is 6.07 Å². The van der Waals surface area contributed by atoms with Crippen molar-refractivity contribution in [3.63, 3.8) is 0 Å². The highest BCUT2D eigenvalue weighted by atomic mass is 19.1. The monoisotopic (exact) mass is 278 g/mol. The van der Waals surface area contributed by atoms with E-state index in [1.165, 1.54) is 18.7 Å². The molecule has 0 spiro atoms. The average Bonchev–Trinajstić information content (AvgIpc) is 2.82. The van der Waals surface area contributed by atoms with Gasteiger partial charge in [-0.05, 0) is 25.3 Å². The molecular formula is C14H19FN4O. The van der Waals surface area contributed by atoms with Gasteiger partial charge in [0.1, 0.15) is 11.6 Å². The van der Waals surface area contributed by atoms with Crippen LogP contribution < -0.4 is 15.8 Å². The van der Waals surface area contributed by atoms with Crippen molar-refractivity contribution in [1.82, 2.24) is 10.2 Å². The second-order valence-electron chi connectivity index (χ2n) is 4.62. The van der Waals surface area contributed by atoms with Crippen LogP contribution in [0.15, 0.2) is 18.3 Å². The van der Waals surface area contributed by atoms with E-state index in [4.69, 9.17) is 10.5 Å². The summed E-state index contributed by atoms with van der Waals surface area (Å²) in [5, 5.41) is 9.92. The van der Waals surface area contributed by atoms with Gasteiger partial charge in [-0.3, -0.25) is 5.10 Å². The Labute approximate surface area is 117 Å². The molecule has 4 N–H and O–H groups in total. The van der Waals surface area contributed by atoms with E-state index in [2.05, 4.69) is 15.5 Å². The van der Waals surface area contributed by atoms with Gasteiger partial charge < -0.3 is 15.8 Å². The molecule has 0 saturated heterocycles. The second-order valence-corrected chi connectivity index (χ2v) is 4.62. The van der Waals surface area contributed by atoms with Gasteiger partial charge in [0.05, 0.1) is 24.7 Å². The minimum atomic E-state index is -0.372. The van der Waals surface area contributed by atoms with Crippen LogP contribution in [0.4, 0.5) is 15.8 Å². The van der Waals surface area contributed by atoms with Crippen molar-refractivity contribution >= 4 is 11.4 Å². The summed E-state index contributed by atoms with van der Waals surface area (Å²) >= 11 is 0. The Morgan fingerprint density at radius 1 is 1.45 bits per heavy atom. The summed E-state index contributed by atoms with van der Waals surface area (Å²) in [5.41, 5.74) is 8.59. The van der Waals surface area contributed by atoms with Gasteiger partial charge in [-0.15, -0.1) is 0 Å². The molecule has 0 aliphatic heterocycles. The highest BCUT2D eigenvalue weighted by Gasteiger charge is 2.08. The standard InChI is InChI=1S/C14H19FN4O/c1-9-10(8-18-19-9)4-3-5-17-13-7-14(20-2)12(16)6-11(13)15/h6-8,17H,3-5,16H2,1-2H3,(H,18,19). The summed E-state index contributed by atoms with van der Waals surface area (Å²) in [5.74, 6) is 0.0994.